The van der Waals surface area contributed by atoms with Crippen molar-refractivity contribution in [3.05, 3.63) is 24.0 Å². The first kappa shape index (κ1) is 13.3. The van der Waals surface area contributed by atoms with Crippen LogP contribution < -0.4 is 11.1 Å². The average molecular weight is 242 g/mol. The first-order valence-corrected chi connectivity index (χ1v) is 6.49. The van der Waals surface area contributed by atoms with Crippen LogP contribution in [-0.4, -0.2) is 18.3 Å². The van der Waals surface area contributed by atoms with Crippen molar-refractivity contribution in [2.75, 3.05) is 18.0 Å². The first-order valence-electron chi connectivity index (χ1n) is 5.51. The average Bonchev–Trinajstić information content (AvgIpc) is 2.22. The highest BCUT2D eigenvalue weighted by molar-refractivity contribution is 7.99. The summed E-state index contributed by atoms with van der Waals surface area (Å²) in [7, 11) is 0. The summed E-state index contributed by atoms with van der Waals surface area (Å²) in [4.78, 5) is 0.838. The summed E-state index contributed by atoms with van der Waals surface area (Å²) in [5.74, 6) is 0.727. The molecule has 0 radical (unpaired) electrons. The van der Waals surface area contributed by atoms with E-state index in [0.29, 0.717) is 11.7 Å². The Bertz CT molecular complexity index is 329. The van der Waals surface area contributed by atoms with Crippen LogP contribution in [0, 0.1) is 5.82 Å². The van der Waals surface area contributed by atoms with Crippen molar-refractivity contribution in [1.29, 1.82) is 0 Å². The van der Waals surface area contributed by atoms with E-state index in [1.165, 1.54) is 12.1 Å². The lowest BCUT2D eigenvalue weighted by Crippen LogP contribution is -2.23. The molecule has 1 aromatic carbocycles. The number of nitrogens with one attached hydrogen (secondary N) is 1. The zero-order chi connectivity index (χ0) is 12.0. The number of thioether (sulfide) groups is 1. The van der Waals surface area contributed by atoms with Gasteiger partial charge in [0.1, 0.15) is 5.82 Å². The molecule has 16 heavy (non-hydrogen) atoms. The van der Waals surface area contributed by atoms with Gasteiger partial charge in [0.05, 0.1) is 0 Å². The van der Waals surface area contributed by atoms with Crippen LogP contribution in [0.2, 0.25) is 0 Å². The zero-order valence-electron chi connectivity index (χ0n) is 9.79. The predicted molar refractivity (Wildman–Crippen MR) is 69.3 cm³/mol. The van der Waals surface area contributed by atoms with Crippen LogP contribution in [0.3, 0.4) is 0 Å². The van der Waals surface area contributed by atoms with Crippen molar-refractivity contribution < 1.29 is 4.39 Å². The van der Waals surface area contributed by atoms with Crippen LogP contribution in [-0.2, 0) is 0 Å². The van der Waals surface area contributed by atoms with Crippen LogP contribution in [0.4, 0.5) is 10.1 Å². The van der Waals surface area contributed by atoms with Gasteiger partial charge in [0.15, 0.2) is 0 Å². The molecular formula is C12H19FN2S. The molecule has 0 spiro atoms. The van der Waals surface area contributed by atoms with Gasteiger partial charge in [0.2, 0.25) is 0 Å². The topological polar surface area (TPSA) is 38.0 Å². The summed E-state index contributed by atoms with van der Waals surface area (Å²) in [6.07, 6.45) is 1.05. The molecule has 0 unspecified atom stereocenters. The summed E-state index contributed by atoms with van der Waals surface area (Å²) >= 11 is 1.61. The molecule has 90 valence electrons. The van der Waals surface area contributed by atoms with Crippen molar-refractivity contribution in [2.45, 2.75) is 31.2 Å². The van der Waals surface area contributed by atoms with Crippen molar-refractivity contribution >= 4 is 17.4 Å². The zero-order valence-corrected chi connectivity index (χ0v) is 10.6. The molecule has 0 aromatic heterocycles. The summed E-state index contributed by atoms with van der Waals surface area (Å²) < 4.78 is 12.9. The molecule has 0 amide bonds. The van der Waals surface area contributed by atoms with E-state index in [9.17, 15) is 4.39 Å². The number of hydrogen-bond acceptors (Lipinski definition) is 3. The van der Waals surface area contributed by atoms with Gasteiger partial charge < -0.3 is 11.1 Å². The largest absolute Gasteiger partial charge is 0.398 e. The van der Waals surface area contributed by atoms with Crippen LogP contribution in [0.1, 0.15) is 20.3 Å². The number of anilines is 1. The fraction of sp³-hybridized carbons (Fsp3) is 0.500. The van der Waals surface area contributed by atoms with E-state index in [1.807, 2.05) is 0 Å². The molecule has 3 N–H and O–H groups in total. The third kappa shape index (κ3) is 4.86. The standard InChI is InChI=1S/C12H19FN2S/c1-9(2)15-6-3-7-16-12-8-10(13)4-5-11(12)14/h4-5,8-9,15H,3,6-7,14H2,1-2H3. The Morgan fingerprint density at radius 1 is 1.44 bits per heavy atom. The summed E-state index contributed by atoms with van der Waals surface area (Å²) in [6.45, 7) is 5.23. The molecule has 0 atom stereocenters. The maximum atomic E-state index is 12.9. The highest BCUT2D eigenvalue weighted by Gasteiger charge is 2.01. The minimum atomic E-state index is -0.225. The van der Waals surface area contributed by atoms with E-state index in [-0.39, 0.29) is 5.82 Å². The van der Waals surface area contributed by atoms with Gasteiger partial charge in [-0.05, 0) is 36.9 Å². The highest BCUT2D eigenvalue weighted by Crippen LogP contribution is 2.25. The number of halogens is 1. The molecule has 0 saturated carbocycles. The maximum Gasteiger partial charge on any atom is 0.124 e. The number of nitrogens with two attached hydrogens (primary N) is 1. The van der Waals surface area contributed by atoms with E-state index in [1.54, 1.807) is 17.8 Å². The number of benzene rings is 1. The summed E-state index contributed by atoms with van der Waals surface area (Å²) in [6, 6.07) is 5.02. The van der Waals surface area contributed by atoms with Gasteiger partial charge in [-0.2, -0.15) is 0 Å². The number of nitrogen functional groups attached to an aromatic ring is 1. The van der Waals surface area contributed by atoms with Gasteiger partial charge in [0, 0.05) is 16.6 Å². The van der Waals surface area contributed by atoms with Crippen LogP contribution in [0.15, 0.2) is 23.1 Å². The Balaban J connectivity index is 2.29. The molecule has 0 saturated heterocycles. The monoisotopic (exact) mass is 242 g/mol. The molecule has 0 aliphatic heterocycles. The van der Waals surface area contributed by atoms with E-state index in [0.717, 1.165) is 23.6 Å². The van der Waals surface area contributed by atoms with Crippen molar-refractivity contribution in [3.8, 4) is 0 Å². The fourth-order valence-corrected chi connectivity index (χ4v) is 2.22. The minimum Gasteiger partial charge on any atom is -0.398 e. The minimum absolute atomic E-state index is 0.225. The molecule has 2 nitrogen and oxygen atoms in total. The Morgan fingerprint density at radius 3 is 2.88 bits per heavy atom. The summed E-state index contributed by atoms with van der Waals surface area (Å²) in [5.41, 5.74) is 6.41. The van der Waals surface area contributed by atoms with Crippen molar-refractivity contribution in [3.63, 3.8) is 0 Å². The second-order valence-corrected chi connectivity index (χ2v) is 5.13. The quantitative estimate of drug-likeness (QED) is 0.457. The lowest BCUT2D eigenvalue weighted by Gasteiger charge is -2.08. The highest BCUT2D eigenvalue weighted by atomic mass is 32.2. The van der Waals surface area contributed by atoms with E-state index in [2.05, 4.69) is 19.2 Å². The predicted octanol–water partition coefficient (Wildman–Crippen LogP) is 2.89. The van der Waals surface area contributed by atoms with Gasteiger partial charge in [-0.15, -0.1) is 11.8 Å². The van der Waals surface area contributed by atoms with E-state index in [4.69, 9.17) is 5.73 Å². The first-order chi connectivity index (χ1) is 7.59. The van der Waals surface area contributed by atoms with Gasteiger partial charge >= 0.3 is 0 Å². The van der Waals surface area contributed by atoms with Crippen LogP contribution >= 0.6 is 11.8 Å². The molecule has 0 fully saturated rings. The maximum absolute atomic E-state index is 12.9. The lowest BCUT2D eigenvalue weighted by molar-refractivity contribution is 0.586. The Labute approximate surface area is 101 Å². The smallest absolute Gasteiger partial charge is 0.124 e. The van der Waals surface area contributed by atoms with E-state index < -0.39 is 0 Å². The van der Waals surface area contributed by atoms with Gasteiger partial charge in [0.25, 0.3) is 0 Å². The van der Waals surface area contributed by atoms with Crippen LogP contribution in [0.5, 0.6) is 0 Å². The Kier molecular flexibility index (Phi) is 5.63. The van der Waals surface area contributed by atoms with Gasteiger partial charge in [-0.1, -0.05) is 13.8 Å². The normalized spacial score (nSPS) is 11.0. The molecule has 0 aliphatic rings. The number of hydrogen-bond donors (Lipinski definition) is 2. The molecule has 0 heterocycles. The van der Waals surface area contributed by atoms with E-state index >= 15 is 0 Å². The molecule has 4 heteroatoms. The Morgan fingerprint density at radius 2 is 2.19 bits per heavy atom. The SMILES string of the molecule is CC(C)NCCCSc1cc(F)ccc1N. The number of rotatable bonds is 6. The van der Waals surface area contributed by atoms with Crippen molar-refractivity contribution in [2.24, 2.45) is 0 Å². The Hall–Kier alpha value is -0.740. The second-order valence-electron chi connectivity index (χ2n) is 3.99. The third-order valence-electron chi connectivity index (χ3n) is 2.11. The van der Waals surface area contributed by atoms with Gasteiger partial charge in [-0.25, -0.2) is 4.39 Å². The molecule has 1 rings (SSSR count). The third-order valence-corrected chi connectivity index (χ3v) is 3.26. The van der Waals surface area contributed by atoms with Crippen LogP contribution in [0.25, 0.3) is 0 Å². The van der Waals surface area contributed by atoms with Gasteiger partial charge in [-0.3, -0.25) is 0 Å². The summed E-state index contributed by atoms with van der Waals surface area (Å²) in [5, 5.41) is 3.34. The molecule has 0 aliphatic carbocycles. The molecule has 1 aromatic rings. The fourth-order valence-electron chi connectivity index (χ4n) is 1.28. The molecular weight excluding hydrogens is 223 g/mol. The molecule has 0 bridgehead atoms. The lowest BCUT2D eigenvalue weighted by atomic mass is 10.3. The van der Waals surface area contributed by atoms with Crippen molar-refractivity contribution in [1.82, 2.24) is 5.32 Å². The second kappa shape index (κ2) is 6.76.